The average molecular weight is 226 g/mol. The zero-order valence-electron chi connectivity index (χ0n) is 8.83. The Morgan fingerprint density at radius 2 is 2.00 bits per heavy atom. The Bertz CT molecular complexity index is 421. The molecule has 16 heavy (non-hydrogen) atoms. The van der Waals surface area contributed by atoms with Crippen molar-refractivity contribution >= 4 is 23.4 Å². The second-order valence-electron chi connectivity index (χ2n) is 2.99. The molecule has 0 unspecified atom stereocenters. The number of benzene rings is 1. The minimum Gasteiger partial charge on any atom is -0.453 e. The summed E-state index contributed by atoms with van der Waals surface area (Å²) in [5.41, 5.74) is 0.307. The van der Waals surface area contributed by atoms with Crippen LogP contribution < -0.4 is 10.6 Å². The lowest BCUT2D eigenvalue weighted by molar-refractivity contribution is -0.114. The van der Waals surface area contributed by atoms with Crippen LogP contribution in [0.5, 0.6) is 0 Å². The Morgan fingerprint density at radius 1 is 1.31 bits per heavy atom. The van der Waals surface area contributed by atoms with Crippen LogP contribution in [0.2, 0.25) is 0 Å². The van der Waals surface area contributed by atoms with Crippen molar-refractivity contribution in [3.05, 3.63) is 24.0 Å². The van der Waals surface area contributed by atoms with Gasteiger partial charge in [-0.3, -0.25) is 10.1 Å². The predicted octanol–water partition coefficient (Wildman–Crippen LogP) is 1.96. The third-order valence-corrected chi connectivity index (χ3v) is 1.71. The van der Waals surface area contributed by atoms with Crippen LogP contribution in [0.25, 0.3) is 0 Å². The second kappa shape index (κ2) is 5.11. The molecule has 1 aromatic rings. The summed E-state index contributed by atoms with van der Waals surface area (Å²) in [6.07, 6.45) is -0.758. The smallest absolute Gasteiger partial charge is 0.411 e. The summed E-state index contributed by atoms with van der Waals surface area (Å²) in [7, 11) is 1.18. The van der Waals surface area contributed by atoms with Gasteiger partial charge in [0.15, 0.2) is 0 Å². The first kappa shape index (κ1) is 12.0. The minimum absolute atomic E-state index is 0.0130. The molecule has 0 fully saturated rings. The maximum atomic E-state index is 13.4. The highest BCUT2D eigenvalue weighted by molar-refractivity contribution is 5.89. The first-order valence-corrected chi connectivity index (χ1v) is 4.45. The van der Waals surface area contributed by atoms with E-state index in [0.717, 1.165) is 6.07 Å². The van der Waals surface area contributed by atoms with Crippen LogP contribution in [-0.2, 0) is 9.53 Å². The maximum absolute atomic E-state index is 13.4. The van der Waals surface area contributed by atoms with E-state index < -0.39 is 11.9 Å². The van der Waals surface area contributed by atoms with Crippen LogP contribution in [0, 0.1) is 5.82 Å². The number of anilines is 2. The first-order chi connectivity index (χ1) is 7.52. The van der Waals surface area contributed by atoms with E-state index in [-0.39, 0.29) is 11.6 Å². The van der Waals surface area contributed by atoms with Gasteiger partial charge < -0.3 is 10.1 Å². The number of nitrogens with one attached hydrogen (secondary N) is 2. The summed E-state index contributed by atoms with van der Waals surface area (Å²) in [6, 6.07) is 3.90. The number of methoxy groups -OCH3 is 1. The molecule has 0 saturated carbocycles. The van der Waals surface area contributed by atoms with Gasteiger partial charge in [0, 0.05) is 12.6 Å². The van der Waals surface area contributed by atoms with Crippen LogP contribution in [0.1, 0.15) is 6.92 Å². The number of hydrogen-bond donors (Lipinski definition) is 2. The van der Waals surface area contributed by atoms with Gasteiger partial charge in [0.25, 0.3) is 0 Å². The minimum atomic E-state index is -0.758. The Hall–Kier alpha value is -2.11. The van der Waals surface area contributed by atoms with E-state index in [4.69, 9.17) is 0 Å². The molecule has 0 aliphatic carbocycles. The highest BCUT2D eigenvalue weighted by Gasteiger charge is 2.07. The molecule has 0 aliphatic heterocycles. The molecule has 0 atom stereocenters. The van der Waals surface area contributed by atoms with Crippen molar-refractivity contribution in [2.75, 3.05) is 17.7 Å². The Balaban J connectivity index is 2.83. The van der Waals surface area contributed by atoms with E-state index in [9.17, 15) is 14.0 Å². The van der Waals surface area contributed by atoms with Gasteiger partial charge in [-0.05, 0) is 18.2 Å². The summed E-state index contributed by atoms with van der Waals surface area (Å²) in [4.78, 5) is 21.5. The summed E-state index contributed by atoms with van der Waals surface area (Å²) in [5.74, 6) is -0.954. The highest BCUT2D eigenvalue weighted by Crippen LogP contribution is 2.18. The topological polar surface area (TPSA) is 67.4 Å². The predicted molar refractivity (Wildman–Crippen MR) is 56.7 cm³/mol. The lowest BCUT2D eigenvalue weighted by Gasteiger charge is -2.07. The molecular formula is C10H11FN2O3. The monoisotopic (exact) mass is 226 g/mol. The van der Waals surface area contributed by atoms with Crippen molar-refractivity contribution in [3.63, 3.8) is 0 Å². The van der Waals surface area contributed by atoms with E-state index in [1.54, 1.807) is 0 Å². The van der Waals surface area contributed by atoms with E-state index >= 15 is 0 Å². The molecule has 2 N–H and O–H groups in total. The van der Waals surface area contributed by atoms with Crippen LogP contribution in [0.15, 0.2) is 18.2 Å². The van der Waals surface area contributed by atoms with Crippen molar-refractivity contribution < 1.29 is 18.7 Å². The summed E-state index contributed by atoms with van der Waals surface area (Å²) < 4.78 is 17.7. The van der Waals surface area contributed by atoms with Gasteiger partial charge >= 0.3 is 6.09 Å². The van der Waals surface area contributed by atoms with E-state index in [2.05, 4.69) is 15.4 Å². The van der Waals surface area contributed by atoms with Crippen molar-refractivity contribution in [3.8, 4) is 0 Å². The molecule has 86 valence electrons. The van der Waals surface area contributed by atoms with Crippen molar-refractivity contribution in [1.82, 2.24) is 0 Å². The van der Waals surface area contributed by atoms with Crippen LogP contribution in [0.3, 0.4) is 0 Å². The zero-order chi connectivity index (χ0) is 12.1. The quantitative estimate of drug-likeness (QED) is 0.810. The molecule has 6 heteroatoms. The summed E-state index contributed by atoms with van der Waals surface area (Å²) in [5, 5.41) is 4.61. The third kappa shape index (κ3) is 3.23. The van der Waals surface area contributed by atoms with E-state index in [0.29, 0.717) is 5.69 Å². The lowest BCUT2D eigenvalue weighted by Crippen LogP contribution is -2.12. The average Bonchev–Trinajstić information content (AvgIpc) is 2.21. The molecule has 0 aliphatic rings. The number of carbonyl (C=O) groups excluding carboxylic acids is 2. The molecular weight excluding hydrogens is 215 g/mol. The fraction of sp³-hybridized carbons (Fsp3) is 0.200. The number of ether oxygens (including phenoxy) is 1. The van der Waals surface area contributed by atoms with E-state index in [1.807, 2.05) is 0 Å². The SMILES string of the molecule is COC(=O)Nc1ccc(NC(C)=O)cc1F. The van der Waals surface area contributed by atoms with Crippen molar-refractivity contribution in [2.24, 2.45) is 0 Å². The van der Waals surface area contributed by atoms with Gasteiger partial charge in [-0.1, -0.05) is 0 Å². The molecule has 0 radical (unpaired) electrons. The van der Waals surface area contributed by atoms with Gasteiger partial charge in [0.05, 0.1) is 12.8 Å². The molecule has 1 aromatic carbocycles. The van der Waals surface area contributed by atoms with Gasteiger partial charge in [-0.2, -0.15) is 0 Å². The Kier molecular flexibility index (Phi) is 3.82. The fourth-order valence-corrected chi connectivity index (χ4v) is 1.06. The number of amides is 2. The Labute approximate surface area is 91.6 Å². The second-order valence-corrected chi connectivity index (χ2v) is 2.99. The first-order valence-electron chi connectivity index (χ1n) is 4.45. The largest absolute Gasteiger partial charge is 0.453 e. The van der Waals surface area contributed by atoms with Crippen LogP contribution in [0.4, 0.5) is 20.6 Å². The Morgan fingerprint density at radius 3 is 2.50 bits per heavy atom. The molecule has 0 spiro atoms. The molecule has 0 aromatic heterocycles. The van der Waals surface area contributed by atoms with Crippen molar-refractivity contribution in [1.29, 1.82) is 0 Å². The standard InChI is InChI=1S/C10H11FN2O3/c1-6(14)12-7-3-4-9(8(11)5-7)13-10(15)16-2/h3-5H,1-2H3,(H,12,14)(H,13,15). The fourth-order valence-electron chi connectivity index (χ4n) is 1.06. The zero-order valence-corrected chi connectivity index (χ0v) is 8.83. The molecule has 0 heterocycles. The van der Waals surface area contributed by atoms with Gasteiger partial charge in [0.2, 0.25) is 5.91 Å². The highest BCUT2D eigenvalue weighted by atomic mass is 19.1. The molecule has 5 nitrogen and oxygen atoms in total. The number of hydrogen-bond acceptors (Lipinski definition) is 3. The van der Waals surface area contributed by atoms with E-state index in [1.165, 1.54) is 26.2 Å². The molecule has 0 saturated heterocycles. The number of halogens is 1. The number of rotatable bonds is 2. The third-order valence-electron chi connectivity index (χ3n) is 1.71. The normalized spacial score (nSPS) is 9.44. The lowest BCUT2D eigenvalue weighted by atomic mass is 10.2. The molecule has 0 bridgehead atoms. The summed E-state index contributed by atoms with van der Waals surface area (Å²) in [6.45, 7) is 1.32. The number of carbonyl (C=O) groups is 2. The molecule has 2 amide bonds. The van der Waals surface area contributed by atoms with Crippen molar-refractivity contribution in [2.45, 2.75) is 6.92 Å². The van der Waals surface area contributed by atoms with Gasteiger partial charge in [-0.15, -0.1) is 0 Å². The van der Waals surface area contributed by atoms with Gasteiger partial charge in [0.1, 0.15) is 5.82 Å². The maximum Gasteiger partial charge on any atom is 0.411 e. The van der Waals surface area contributed by atoms with Crippen LogP contribution in [-0.4, -0.2) is 19.1 Å². The summed E-state index contributed by atoms with van der Waals surface area (Å²) >= 11 is 0. The van der Waals surface area contributed by atoms with Crippen LogP contribution >= 0.6 is 0 Å². The van der Waals surface area contributed by atoms with Gasteiger partial charge in [-0.25, -0.2) is 9.18 Å². The molecule has 1 rings (SSSR count).